The van der Waals surface area contributed by atoms with Crippen LogP contribution >= 0.6 is 0 Å². The van der Waals surface area contributed by atoms with Crippen molar-refractivity contribution in [2.45, 2.75) is 66.3 Å². The largest absolute Gasteiger partial charge is 0.314 e. The van der Waals surface area contributed by atoms with Crippen LogP contribution in [0.4, 0.5) is 0 Å². The zero-order valence-electron chi connectivity index (χ0n) is 10.8. The predicted octanol–water partition coefficient (Wildman–Crippen LogP) is 3.84. The van der Waals surface area contributed by atoms with Gasteiger partial charge in [-0.15, -0.1) is 0 Å². The van der Waals surface area contributed by atoms with Gasteiger partial charge in [-0.1, -0.05) is 53.9 Å². The first-order valence-electron chi connectivity index (χ1n) is 6.33. The summed E-state index contributed by atoms with van der Waals surface area (Å²) in [5.74, 6) is 1.79. The molecular weight excluding hydrogens is 170 g/mol. The van der Waals surface area contributed by atoms with Crippen molar-refractivity contribution in [3.63, 3.8) is 0 Å². The second-order valence-corrected chi connectivity index (χ2v) is 4.93. The summed E-state index contributed by atoms with van der Waals surface area (Å²) in [7, 11) is 0. The van der Waals surface area contributed by atoms with E-state index in [1.807, 2.05) is 0 Å². The highest BCUT2D eigenvalue weighted by Gasteiger charge is 2.07. The topological polar surface area (TPSA) is 12.0 Å². The molecule has 0 aliphatic rings. The molecule has 0 aromatic heterocycles. The van der Waals surface area contributed by atoms with Crippen molar-refractivity contribution >= 4 is 0 Å². The number of hydrogen-bond donors (Lipinski definition) is 1. The van der Waals surface area contributed by atoms with Gasteiger partial charge in [0.15, 0.2) is 0 Å². The molecule has 0 saturated heterocycles. The Kier molecular flexibility index (Phi) is 8.26. The van der Waals surface area contributed by atoms with Crippen LogP contribution in [0.1, 0.15) is 60.3 Å². The van der Waals surface area contributed by atoms with Crippen molar-refractivity contribution in [1.29, 1.82) is 0 Å². The first-order valence-corrected chi connectivity index (χ1v) is 6.33. The average molecular weight is 199 g/mol. The van der Waals surface area contributed by atoms with E-state index < -0.39 is 0 Å². The molecule has 0 aromatic rings. The third kappa shape index (κ3) is 7.37. The maximum Gasteiger partial charge on any atom is 0.00104 e. The average Bonchev–Trinajstić information content (AvgIpc) is 2.16. The molecule has 0 heterocycles. The van der Waals surface area contributed by atoms with Crippen molar-refractivity contribution in [2.24, 2.45) is 11.8 Å². The molecule has 1 heteroatoms. The van der Waals surface area contributed by atoms with Crippen molar-refractivity contribution in [2.75, 3.05) is 6.54 Å². The first kappa shape index (κ1) is 14.0. The molecule has 1 N–H and O–H groups in total. The summed E-state index contributed by atoms with van der Waals surface area (Å²) in [6, 6.07) is 0.630. The van der Waals surface area contributed by atoms with Gasteiger partial charge in [-0.05, 0) is 24.8 Å². The minimum absolute atomic E-state index is 0.630. The quantitative estimate of drug-likeness (QED) is 0.626. The highest BCUT2D eigenvalue weighted by molar-refractivity contribution is 4.63. The van der Waals surface area contributed by atoms with E-state index in [0.717, 1.165) is 11.8 Å². The molecule has 0 amide bonds. The van der Waals surface area contributed by atoms with Crippen molar-refractivity contribution in [3.05, 3.63) is 0 Å². The molecule has 14 heavy (non-hydrogen) atoms. The second-order valence-electron chi connectivity index (χ2n) is 4.93. The fourth-order valence-corrected chi connectivity index (χ4v) is 1.76. The summed E-state index contributed by atoms with van der Waals surface area (Å²) in [5, 5.41) is 3.51. The van der Waals surface area contributed by atoms with Crippen LogP contribution in [0.3, 0.4) is 0 Å². The molecule has 0 rings (SSSR count). The summed E-state index contributed by atoms with van der Waals surface area (Å²) < 4.78 is 0. The van der Waals surface area contributed by atoms with Gasteiger partial charge in [-0.3, -0.25) is 0 Å². The molecule has 0 bridgehead atoms. The summed E-state index contributed by atoms with van der Waals surface area (Å²) in [4.78, 5) is 0. The van der Waals surface area contributed by atoms with Gasteiger partial charge in [0.25, 0.3) is 0 Å². The maximum atomic E-state index is 3.51. The Morgan fingerprint density at radius 3 is 1.93 bits per heavy atom. The van der Waals surface area contributed by atoms with Gasteiger partial charge in [0, 0.05) is 6.04 Å². The van der Waals surface area contributed by atoms with E-state index in [1.54, 1.807) is 0 Å². The van der Waals surface area contributed by atoms with E-state index in [1.165, 1.54) is 32.2 Å². The van der Waals surface area contributed by atoms with Crippen LogP contribution in [0.15, 0.2) is 0 Å². The molecule has 0 saturated carbocycles. The molecule has 0 fully saturated rings. The van der Waals surface area contributed by atoms with Crippen LogP contribution < -0.4 is 5.32 Å². The van der Waals surface area contributed by atoms with Gasteiger partial charge in [0.05, 0.1) is 0 Å². The monoisotopic (exact) mass is 199 g/mol. The number of hydrogen-bond acceptors (Lipinski definition) is 1. The van der Waals surface area contributed by atoms with Gasteiger partial charge < -0.3 is 5.32 Å². The maximum absolute atomic E-state index is 3.51. The highest BCUT2D eigenvalue weighted by atomic mass is 14.9. The van der Waals surface area contributed by atoms with E-state index >= 15 is 0 Å². The fraction of sp³-hybridized carbons (Fsp3) is 1.00. The molecule has 0 spiro atoms. The molecule has 86 valence electrons. The van der Waals surface area contributed by atoms with Crippen LogP contribution in [-0.4, -0.2) is 12.6 Å². The molecule has 0 radical (unpaired) electrons. The van der Waals surface area contributed by atoms with E-state index in [-0.39, 0.29) is 0 Å². The Bertz CT molecular complexity index is 116. The predicted molar refractivity (Wildman–Crippen MR) is 65.6 cm³/mol. The molecule has 0 aromatic carbocycles. The van der Waals surface area contributed by atoms with Crippen LogP contribution in [0, 0.1) is 11.8 Å². The van der Waals surface area contributed by atoms with Crippen LogP contribution in [0.25, 0.3) is 0 Å². The fourth-order valence-electron chi connectivity index (χ4n) is 1.76. The Morgan fingerprint density at radius 1 is 0.929 bits per heavy atom. The molecule has 1 unspecified atom stereocenters. The van der Waals surface area contributed by atoms with E-state index in [4.69, 9.17) is 0 Å². The minimum atomic E-state index is 0.630. The SMILES string of the molecule is CCC(CC)CCC(C)CNC(C)C. The van der Waals surface area contributed by atoms with Crippen LogP contribution in [0.5, 0.6) is 0 Å². The van der Waals surface area contributed by atoms with Gasteiger partial charge in [-0.25, -0.2) is 0 Å². The third-order valence-corrected chi connectivity index (χ3v) is 3.10. The van der Waals surface area contributed by atoms with E-state index in [9.17, 15) is 0 Å². The Hall–Kier alpha value is -0.0400. The lowest BCUT2D eigenvalue weighted by Gasteiger charge is -2.18. The van der Waals surface area contributed by atoms with Crippen molar-refractivity contribution < 1.29 is 0 Å². The summed E-state index contributed by atoms with van der Waals surface area (Å²) in [6.45, 7) is 12.6. The molecule has 0 aliphatic carbocycles. The van der Waals surface area contributed by atoms with E-state index in [2.05, 4.69) is 39.9 Å². The first-order chi connectivity index (χ1) is 6.60. The Balaban J connectivity index is 3.46. The number of nitrogens with one attached hydrogen (secondary N) is 1. The smallest absolute Gasteiger partial charge is 0.00104 e. The zero-order chi connectivity index (χ0) is 11.0. The summed E-state index contributed by atoms with van der Waals surface area (Å²) >= 11 is 0. The van der Waals surface area contributed by atoms with E-state index in [0.29, 0.717) is 6.04 Å². The van der Waals surface area contributed by atoms with Gasteiger partial charge in [0.1, 0.15) is 0 Å². The second kappa shape index (κ2) is 8.28. The highest BCUT2D eigenvalue weighted by Crippen LogP contribution is 2.18. The summed E-state index contributed by atoms with van der Waals surface area (Å²) in [6.07, 6.45) is 5.49. The standard InChI is InChI=1S/C13H29N/c1-6-13(7-2)9-8-12(5)10-14-11(3)4/h11-14H,6-10H2,1-5H3. The lowest BCUT2D eigenvalue weighted by Crippen LogP contribution is -2.28. The summed E-state index contributed by atoms with van der Waals surface area (Å²) in [5.41, 5.74) is 0. The van der Waals surface area contributed by atoms with Gasteiger partial charge in [-0.2, -0.15) is 0 Å². The Labute approximate surface area is 90.7 Å². The van der Waals surface area contributed by atoms with Crippen molar-refractivity contribution in [1.82, 2.24) is 5.32 Å². The van der Waals surface area contributed by atoms with Crippen LogP contribution in [-0.2, 0) is 0 Å². The third-order valence-electron chi connectivity index (χ3n) is 3.10. The van der Waals surface area contributed by atoms with Crippen molar-refractivity contribution in [3.8, 4) is 0 Å². The minimum Gasteiger partial charge on any atom is -0.314 e. The van der Waals surface area contributed by atoms with Gasteiger partial charge >= 0.3 is 0 Å². The lowest BCUT2D eigenvalue weighted by atomic mass is 9.93. The normalized spacial score (nSPS) is 13.9. The van der Waals surface area contributed by atoms with Gasteiger partial charge in [0.2, 0.25) is 0 Å². The lowest BCUT2D eigenvalue weighted by molar-refractivity contribution is 0.373. The molecular formula is C13H29N. The molecule has 1 atom stereocenters. The Morgan fingerprint density at radius 2 is 1.50 bits per heavy atom. The molecule has 0 aliphatic heterocycles. The number of rotatable bonds is 8. The van der Waals surface area contributed by atoms with Crippen LogP contribution in [0.2, 0.25) is 0 Å². The molecule has 1 nitrogen and oxygen atoms in total. The zero-order valence-corrected chi connectivity index (χ0v) is 10.8.